The number of nitrogens with zero attached hydrogens (tertiary/aromatic N) is 1. The quantitative estimate of drug-likeness (QED) is 0.787. The first-order valence-electron chi connectivity index (χ1n) is 6.39. The molecule has 110 valence electrons. The molecule has 2 amide bonds. The van der Waals surface area contributed by atoms with E-state index in [0.717, 1.165) is 5.56 Å². The van der Waals surface area contributed by atoms with Gasteiger partial charge in [-0.25, -0.2) is 9.18 Å². The molecule has 5 nitrogen and oxygen atoms in total. The number of carbonyl (C=O) groups is 2. The van der Waals surface area contributed by atoms with Crippen molar-refractivity contribution in [3.8, 4) is 0 Å². The summed E-state index contributed by atoms with van der Waals surface area (Å²) in [5.74, 6) is -1.20. The molecule has 1 rings (SSSR count). The predicted molar refractivity (Wildman–Crippen MR) is 72.8 cm³/mol. The Bertz CT molecular complexity index is 462. The van der Waals surface area contributed by atoms with Gasteiger partial charge in [-0.15, -0.1) is 0 Å². The largest absolute Gasteiger partial charge is 0.481 e. The van der Waals surface area contributed by atoms with Gasteiger partial charge in [0.15, 0.2) is 0 Å². The van der Waals surface area contributed by atoms with Crippen LogP contribution in [0.25, 0.3) is 0 Å². The van der Waals surface area contributed by atoms with Gasteiger partial charge in [0, 0.05) is 20.0 Å². The lowest BCUT2D eigenvalue weighted by atomic mass is 10.1. The van der Waals surface area contributed by atoms with Crippen molar-refractivity contribution in [3.05, 3.63) is 35.6 Å². The lowest BCUT2D eigenvalue weighted by molar-refractivity contribution is -0.137. The molecule has 0 spiro atoms. The van der Waals surface area contributed by atoms with Crippen molar-refractivity contribution in [2.24, 2.45) is 0 Å². The van der Waals surface area contributed by atoms with E-state index in [4.69, 9.17) is 5.11 Å². The van der Waals surface area contributed by atoms with Gasteiger partial charge in [0.05, 0.1) is 6.04 Å². The molecule has 0 aliphatic carbocycles. The summed E-state index contributed by atoms with van der Waals surface area (Å²) in [6.45, 7) is 2.15. The minimum absolute atomic E-state index is 0.0253. The summed E-state index contributed by atoms with van der Waals surface area (Å²) in [6, 6.07) is 5.49. The molecular weight excluding hydrogens is 263 g/mol. The third-order valence-electron chi connectivity index (χ3n) is 3.10. The lowest BCUT2D eigenvalue weighted by Crippen LogP contribution is -2.39. The van der Waals surface area contributed by atoms with Crippen LogP contribution in [0.5, 0.6) is 0 Å². The van der Waals surface area contributed by atoms with Crippen molar-refractivity contribution < 1.29 is 19.1 Å². The number of nitrogens with one attached hydrogen (secondary N) is 1. The maximum Gasteiger partial charge on any atom is 0.317 e. The van der Waals surface area contributed by atoms with Gasteiger partial charge in [-0.2, -0.15) is 0 Å². The van der Waals surface area contributed by atoms with E-state index in [1.54, 1.807) is 19.2 Å². The molecular formula is C14H19FN2O3. The maximum atomic E-state index is 12.8. The molecule has 20 heavy (non-hydrogen) atoms. The van der Waals surface area contributed by atoms with E-state index in [2.05, 4.69) is 5.32 Å². The van der Waals surface area contributed by atoms with Gasteiger partial charge < -0.3 is 15.3 Å². The Labute approximate surface area is 117 Å². The number of carbonyl (C=O) groups excluding carboxylic acids is 1. The number of amides is 2. The van der Waals surface area contributed by atoms with Crippen LogP contribution in [0.2, 0.25) is 0 Å². The van der Waals surface area contributed by atoms with Crippen molar-refractivity contribution in [1.29, 1.82) is 0 Å². The summed E-state index contributed by atoms with van der Waals surface area (Å²) in [6.07, 6.45) is 0.414. The zero-order valence-corrected chi connectivity index (χ0v) is 11.6. The Kier molecular flexibility index (Phi) is 5.96. The minimum atomic E-state index is -0.882. The van der Waals surface area contributed by atoms with Crippen LogP contribution in [0, 0.1) is 5.82 Å². The van der Waals surface area contributed by atoms with Crippen LogP contribution in [0.3, 0.4) is 0 Å². The van der Waals surface area contributed by atoms with Crippen LogP contribution in [-0.2, 0) is 4.79 Å². The normalized spacial score (nSPS) is 11.8. The average Bonchev–Trinajstić information content (AvgIpc) is 2.42. The number of carboxylic acids is 1. The third-order valence-corrected chi connectivity index (χ3v) is 3.10. The predicted octanol–water partition coefficient (Wildman–Crippen LogP) is 2.39. The van der Waals surface area contributed by atoms with Crippen LogP contribution in [0.1, 0.15) is 31.4 Å². The monoisotopic (exact) mass is 282 g/mol. The van der Waals surface area contributed by atoms with Gasteiger partial charge in [0.2, 0.25) is 0 Å². The van der Waals surface area contributed by atoms with Crippen molar-refractivity contribution in [2.75, 3.05) is 13.6 Å². The summed E-state index contributed by atoms with van der Waals surface area (Å²) in [4.78, 5) is 23.7. The fourth-order valence-electron chi connectivity index (χ4n) is 1.70. The number of carboxylic acid groups (broad SMARTS) is 1. The highest BCUT2D eigenvalue weighted by Gasteiger charge is 2.16. The molecule has 1 aromatic rings. The number of hydrogen-bond acceptors (Lipinski definition) is 2. The molecule has 0 aliphatic rings. The third kappa shape index (κ3) is 4.87. The number of rotatable bonds is 6. The van der Waals surface area contributed by atoms with Crippen molar-refractivity contribution in [1.82, 2.24) is 10.2 Å². The summed E-state index contributed by atoms with van der Waals surface area (Å²) in [7, 11) is 1.64. The molecule has 1 atom stereocenters. The molecule has 0 bridgehead atoms. The Morgan fingerprint density at radius 2 is 1.95 bits per heavy atom. The van der Waals surface area contributed by atoms with Crippen LogP contribution in [0.4, 0.5) is 9.18 Å². The molecule has 0 radical (unpaired) electrons. The SMILES string of the molecule is CC(c1ccc(F)cc1)N(C)C(=O)NCCCC(=O)O. The molecule has 0 fully saturated rings. The van der Waals surface area contributed by atoms with E-state index in [1.165, 1.54) is 17.0 Å². The maximum absolute atomic E-state index is 12.8. The number of benzene rings is 1. The van der Waals surface area contributed by atoms with Gasteiger partial charge in [0.1, 0.15) is 5.82 Å². The fourth-order valence-corrected chi connectivity index (χ4v) is 1.70. The van der Waals surface area contributed by atoms with E-state index >= 15 is 0 Å². The van der Waals surface area contributed by atoms with Crippen LogP contribution in [-0.4, -0.2) is 35.6 Å². The molecule has 0 saturated heterocycles. The van der Waals surface area contributed by atoms with Gasteiger partial charge in [-0.3, -0.25) is 4.79 Å². The summed E-state index contributed by atoms with van der Waals surface area (Å²) in [5.41, 5.74) is 0.828. The van der Waals surface area contributed by atoms with Crippen LogP contribution in [0.15, 0.2) is 24.3 Å². The summed E-state index contributed by atoms with van der Waals surface area (Å²) in [5, 5.41) is 11.1. The van der Waals surface area contributed by atoms with Gasteiger partial charge >= 0.3 is 12.0 Å². The summed E-state index contributed by atoms with van der Waals surface area (Å²) < 4.78 is 12.8. The van der Waals surface area contributed by atoms with Gasteiger partial charge in [0.25, 0.3) is 0 Å². The van der Waals surface area contributed by atoms with E-state index in [9.17, 15) is 14.0 Å². The van der Waals surface area contributed by atoms with E-state index in [0.29, 0.717) is 13.0 Å². The smallest absolute Gasteiger partial charge is 0.317 e. The van der Waals surface area contributed by atoms with E-state index in [1.807, 2.05) is 6.92 Å². The topological polar surface area (TPSA) is 69.6 Å². The minimum Gasteiger partial charge on any atom is -0.481 e. The highest BCUT2D eigenvalue weighted by atomic mass is 19.1. The molecule has 0 aliphatic heterocycles. The Morgan fingerprint density at radius 3 is 2.50 bits per heavy atom. The van der Waals surface area contributed by atoms with Crippen LogP contribution < -0.4 is 5.32 Å². The molecule has 0 heterocycles. The standard InChI is InChI=1S/C14H19FN2O3/c1-10(11-5-7-12(15)8-6-11)17(2)14(20)16-9-3-4-13(18)19/h5-8,10H,3-4,9H2,1-2H3,(H,16,20)(H,18,19). The number of urea groups is 1. The molecule has 0 saturated carbocycles. The van der Waals surface area contributed by atoms with Gasteiger partial charge in [-0.1, -0.05) is 12.1 Å². The van der Waals surface area contributed by atoms with Crippen molar-refractivity contribution in [2.45, 2.75) is 25.8 Å². The molecule has 1 aromatic carbocycles. The zero-order valence-electron chi connectivity index (χ0n) is 11.6. The zero-order chi connectivity index (χ0) is 15.1. The number of aliphatic carboxylic acids is 1. The number of hydrogen-bond donors (Lipinski definition) is 2. The first kappa shape index (κ1) is 15.9. The second-order valence-corrected chi connectivity index (χ2v) is 4.57. The molecule has 0 aromatic heterocycles. The Morgan fingerprint density at radius 1 is 1.35 bits per heavy atom. The number of halogens is 1. The highest BCUT2D eigenvalue weighted by Crippen LogP contribution is 2.18. The van der Waals surface area contributed by atoms with Gasteiger partial charge in [-0.05, 0) is 31.0 Å². The van der Waals surface area contributed by atoms with Crippen LogP contribution >= 0.6 is 0 Å². The van der Waals surface area contributed by atoms with Crippen molar-refractivity contribution in [3.63, 3.8) is 0 Å². The van der Waals surface area contributed by atoms with E-state index in [-0.39, 0.29) is 24.3 Å². The Hall–Kier alpha value is -2.11. The summed E-state index contributed by atoms with van der Waals surface area (Å²) >= 11 is 0. The van der Waals surface area contributed by atoms with E-state index < -0.39 is 5.97 Å². The fraction of sp³-hybridized carbons (Fsp3) is 0.429. The van der Waals surface area contributed by atoms with Crippen molar-refractivity contribution >= 4 is 12.0 Å². The second-order valence-electron chi connectivity index (χ2n) is 4.57. The highest BCUT2D eigenvalue weighted by molar-refractivity contribution is 5.74. The first-order valence-corrected chi connectivity index (χ1v) is 6.39. The molecule has 2 N–H and O–H groups in total. The molecule has 6 heteroatoms. The average molecular weight is 282 g/mol. The second kappa shape index (κ2) is 7.47. The Balaban J connectivity index is 2.47. The first-order chi connectivity index (χ1) is 9.41. The molecule has 1 unspecified atom stereocenters. The lowest BCUT2D eigenvalue weighted by Gasteiger charge is -2.25.